The Hall–Kier alpha value is -0.830. The minimum Gasteiger partial charge on any atom is -0.313 e. The summed E-state index contributed by atoms with van der Waals surface area (Å²) in [6.07, 6.45) is 7.45. The molecule has 3 heteroatoms. The Bertz CT molecular complexity index is 315. The molecule has 0 bridgehead atoms. The molecule has 0 aliphatic rings. The molecule has 0 unspecified atom stereocenters. The molecular weight excluding hydrogens is 210 g/mol. The fraction of sp³-hybridized carbons (Fsp3) is 0.786. The Morgan fingerprint density at radius 1 is 1.29 bits per heavy atom. The predicted octanol–water partition coefficient (Wildman–Crippen LogP) is 3.44. The Balaban J connectivity index is 2.27. The number of hydrogen-bond acceptors (Lipinski definition) is 2. The Morgan fingerprint density at radius 3 is 2.65 bits per heavy atom. The quantitative estimate of drug-likeness (QED) is 0.702. The van der Waals surface area contributed by atoms with Crippen LogP contribution in [0.25, 0.3) is 0 Å². The van der Waals surface area contributed by atoms with Gasteiger partial charge in [0.05, 0.1) is 5.69 Å². The smallest absolute Gasteiger partial charge is 0.0638 e. The molecule has 1 aromatic rings. The standard InChI is InChI=1S/C14H27N3/c1-5-6-7-8-9-15-10-14-11-17(12(2)3)16-13(14)4/h11-12,15H,5-10H2,1-4H3. The maximum Gasteiger partial charge on any atom is 0.0638 e. The van der Waals surface area contributed by atoms with E-state index in [9.17, 15) is 0 Å². The number of unbranched alkanes of at least 4 members (excludes halogenated alkanes) is 3. The summed E-state index contributed by atoms with van der Waals surface area (Å²) in [5, 5.41) is 8.02. The van der Waals surface area contributed by atoms with Crippen molar-refractivity contribution in [3.05, 3.63) is 17.5 Å². The zero-order valence-corrected chi connectivity index (χ0v) is 11.8. The molecule has 1 N–H and O–H groups in total. The van der Waals surface area contributed by atoms with Crippen LogP contribution in [-0.4, -0.2) is 16.3 Å². The number of aromatic nitrogens is 2. The van der Waals surface area contributed by atoms with Gasteiger partial charge in [-0.3, -0.25) is 4.68 Å². The second-order valence-electron chi connectivity index (χ2n) is 5.05. The Morgan fingerprint density at radius 2 is 2.06 bits per heavy atom. The molecule has 3 nitrogen and oxygen atoms in total. The van der Waals surface area contributed by atoms with Gasteiger partial charge in [-0.2, -0.15) is 5.10 Å². The number of aryl methyl sites for hydroxylation is 1. The first-order valence-electron chi connectivity index (χ1n) is 6.90. The van der Waals surface area contributed by atoms with Crippen LogP contribution in [0.15, 0.2) is 6.20 Å². The highest BCUT2D eigenvalue weighted by Crippen LogP contribution is 2.10. The first kappa shape index (κ1) is 14.2. The highest BCUT2D eigenvalue weighted by atomic mass is 15.3. The van der Waals surface area contributed by atoms with Gasteiger partial charge in [0.15, 0.2) is 0 Å². The van der Waals surface area contributed by atoms with E-state index in [1.807, 2.05) is 4.68 Å². The van der Waals surface area contributed by atoms with E-state index in [2.05, 4.69) is 44.3 Å². The summed E-state index contributed by atoms with van der Waals surface area (Å²) in [7, 11) is 0. The van der Waals surface area contributed by atoms with Crippen LogP contribution in [0.3, 0.4) is 0 Å². The van der Waals surface area contributed by atoms with Gasteiger partial charge in [0, 0.05) is 24.3 Å². The molecular formula is C14H27N3. The molecule has 1 heterocycles. The van der Waals surface area contributed by atoms with E-state index in [0.717, 1.165) is 18.8 Å². The summed E-state index contributed by atoms with van der Waals surface area (Å²) in [5.41, 5.74) is 2.48. The lowest BCUT2D eigenvalue weighted by Gasteiger charge is -2.04. The van der Waals surface area contributed by atoms with E-state index in [0.29, 0.717) is 6.04 Å². The van der Waals surface area contributed by atoms with Crippen LogP contribution in [0.4, 0.5) is 0 Å². The SMILES string of the molecule is CCCCCCNCc1cn(C(C)C)nc1C. The minimum atomic E-state index is 0.451. The molecule has 1 aromatic heterocycles. The summed E-state index contributed by atoms with van der Waals surface area (Å²) in [5.74, 6) is 0. The number of hydrogen-bond donors (Lipinski definition) is 1. The average Bonchev–Trinajstić information content (AvgIpc) is 2.65. The van der Waals surface area contributed by atoms with Crippen molar-refractivity contribution in [1.82, 2.24) is 15.1 Å². The topological polar surface area (TPSA) is 29.9 Å². The van der Waals surface area contributed by atoms with Gasteiger partial charge in [-0.15, -0.1) is 0 Å². The highest BCUT2D eigenvalue weighted by molar-refractivity contribution is 5.15. The summed E-state index contributed by atoms with van der Waals surface area (Å²) in [6.45, 7) is 10.7. The summed E-state index contributed by atoms with van der Waals surface area (Å²) >= 11 is 0. The normalized spacial score (nSPS) is 11.4. The number of nitrogens with zero attached hydrogens (tertiary/aromatic N) is 2. The molecule has 17 heavy (non-hydrogen) atoms. The molecule has 0 aliphatic heterocycles. The summed E-state index contributed by atoms with van der Waals surface area (Å²) in [6, 6.07) is 0.451. The lowest BCUT2D eigenvalue weighted by Crippen LogP contribution is -2.14. The third kappa shape index (κ3) is 4.90. The summed E-state index contributed by atoms with van der Waals surface area (Å²) < 4.78 is 2.05. The molecule has 0 amide bonds. The molecule has 0 atom stereocenters. The zero-order chi connectivity index (χ0) is 12.7. The second-order valence-corrected chi connectivity index (χ2v) is 5.05. The van der Waals surface area contributed by atoms with E-state index in [-0.39, 0.29) is 0 Å². The first-order valence-corrected chi connectivity index (χ1v) is 6.90. The van der Waals surface area contributed by atoms with Crippen molar-refractivity contribution in [1.29, 1.82) is 0 Å². The van der Waals surface area contributed by atoms with Gasteiger partial charge in [0.1, 0.15) is 0 Å². The maximum absolute atomic E-state index is 4.52. The van der Waals surface area contributed by atoms with Crippen LogP contribution in [0.5, 0.6) is 0 Å². The van der Waals surface area contributed by atoms with Gasteiger partial charge in [-0.25, -0.2) is 0 Å². The van der Waals surface area contributed by atoms with Gasteiger partial charge in [-0.05, 0) is 33.7 Å². The Labute approximate surface area is 106 Å². The predicted molar refractivity (Wildman–Crippen MR) is 73.2 cm³/mol. The van der Waals surface area contributed by atoms with Crippen LogP contribution in [0.2, 0.25) is 0 Å². The zero-order valence-electron chi connectivity index (χ0n) is 11.8. The molecule has 0 aromatic carbocycles. The van der Waals surface area contributed by atoms with Gasteiger partial charge in [0.25, 0.3) is 0 Å². The number of rotatable bonds is 8. The average molecular weight is 237 g/mol. The van der Waals surface area contributed by atoms with Crippen LogP contribution >= 0.6 is 0 Å². The van der Waals surface area contributed by atoms with Gasteiger partial charge in [0.2, 0.25) is 0 Å². The lowest BCUT2D eigenvalue weighted by molar-refractivity contribution is 0.528. The second kappa shape index (κ2) is 7.49. The molecule has 0 saturated heterocycles. The fourth-order valence-electron chi connectivity index (χ4n) is 1.86. The van der Waals surface area contributed by atoms with Crippen molar-refractivity contribution in [2.75, 3.05) is 6.54 Å². The maximum atomic E-state index is 4.52. The minimum absolute atomic E-state index is 0.451. The third-order valence-electron chi connectivity index (χ3n) is 3.07. The largest absolute Gasteiger partial charge is 0.313 e. The highest BCUT2D eigenvalue weighted by Gasteiger charge is 2.06. The van der Waals surface area contributed by atoms with Crippen molar-refractivity contribution in [2.24, 2.45) is 0 Å². The van der Waals surface area contributed by atoms with Crippen molar-refractivity contribution in [3.63, 3.8) is 0 Å². The van der Waals surface area contributed by atoms with E-state index < -0.39 is 0 Å². The van der Waals surface area contributed by atoms with E-state index in [1.54, 1.807) is 0 Å². The molecule has 0 spiro atoms. The monoisotopic (exact) mass is 237 g/mol. The number of nitrogens with one attached hydrogen (secondary N) is 1. The van der Waals surface area contributed by atoms with Crippen LogP contribution in [0.1, 0.15) is 63.8 Å². The van der Waals surface area contributed by atoms with E-state index in [1.165, 1.54) is 31.2 Å². The lowest BCUT2D eigenvalue weighted by atomic mass is 10.2. The third-order valence-corrected chi connectivity index (χ3v) is 3.07. The summed E-state index contributed by atoms with van der Waals surface area (Å²) in [4.78, 5) is 0. The Kier molecular flexibility index (Phi) is 6.27. The molecule has 0 radical (unpaired) electrons. The molecule has 0 aliphatic carbocycles. The molecule has 0 fully saturated rings. The molecule has 0 saturated carbocycles. The van der Waals surface area contributed by atoms with Crippen LogP contribution < -0.4 is 5.32 Å². The van der Waals surface area contributed by atoms with E-state index in [4.69, 9.17) is 0 Å². The van der Waals surface area contributed by atoms with E-state index >= 15 is 0 Å². The molecule has 1 rings (SSSR count). The van der Waals surface area contributed by atoms with Crippen LogP contribution in [-0.2, 0) is 6.54 Å². The van der Waals surface area contributed by atoms with Crippen molar-refractivity contribution >= 4 is 0 Å². The van der Waals surface area contributed by atoms with Gasteiger partial charge >= 0.3 is 0 Å². The van der Waals surface area contributed by atoms with Gasteiger partial charge in [-0.1, -0.05) is 26.2 Å². The fourth-order valence-corrected chi connectivity index (χ4v) is 1.86. The van der Waals surface area contributed by atoms with Crippen LogP contribution in [0, 0.1) is 6.92 Å². The van der Waals surface area contributed by atoms with Gasteiger partial charge < -0.3 is 5.32 Å². The molecule has 98 valence electrons. The van der Waals surface area contributed by atoms with Crippen molar-refractivity contribution < 1.29 is 0 Å². The van der Waals surface area contributed by atoms with Crippen molar-refractivity contribution in [3.8, 4) is 0 Å². The van der Waals surface area contributed by atoms with Crippen molar-refractivity contribution in [2.45, 2.75) is 66.0 Å². The first-order chi connectivity index (χ1) is 8.15.